The van der Waals surface area contributed by atoms with Gasteiger partial charge in [0.2, 0.25) is 29.9 Å². The molecule has 0 saturated carbocycles. The molecule has 2 aromatic rings. The Morgan fingerprint density at radius 3 is 1.27 bits per heavy atom. The molecule has 2 aliphatic rings. The summed E-state index contributed by atoms with van der Waals surface area (Å²) in [5.74, 6) is 0.801. The third kappa shape index (κ3) is 5.73. The summed E-state index contributed by atoms with van der Waals surface area (Å²) >= 11 is 12.4. The van der Waals surface area contributed by atoms with E-state index in [0.29, 0.717) is 63.7 Å². The minimum atomic E-state index is -4.30. The van der Waals surface area contributed by atoms with Crippen molar-refractivity contribution >= 4 is 53.1 Å². The zero-order valence-electron chi connectivity index (χ0n) is 20.6. The van der Waals surface area contributed by atoms with Crippen LogP contribution in [0.4, 0.5) is 0 Å². The molecule has 0 spiro atoms. The van der Waals surface area contributed by atoms with Crippen LogP contribution in [0.15, 0.2) is 56.0 Å². The van der Waals surface area contributed by atoms with Gasteiger partial charge in [-0.15, -0.1) is 0 Å². The number of sulfonamides is 2. The topological polar surface area (TPSA) is 109 Å². The third-order valence-corrected chi connectivity index (χ3v) is 13.7. The van der Waals surface area contributed by atoms with Crippen molar-refractivity contribution in [2.75, 3.05) is 26.2 Å². The lowest BCUT2D eigenvalue weighted by Crippen LogP contribution is -2.38. The van der Waals surface area contributed by atoms with Crippen LogP contribution in [-0.2, 0) is 29.9 Å². The highest BCUT2D eigenvalue weighted by molar-refractivity contribution is 7.92. The van der Waals surface area contributed by atoms with Crippen LogP contribution in [0.5, 0.6) is 0 Å². The minimum absolute atomic E-state index is 0.0868. The largest absolute Gasteiger partial charge is 0.244 e. The average molecular weight is 610 g/mol. The second kappa shape index (κ2) is 10.7. The predicted molar refractivity (Wildman–Crippen MR) is 143 cm³/mol. The van der Waals surface area contributed by atoms with Gasteiger partial charge in [-0.3, -0.25) is 0 Å². The van der Waals surface area contributed by atoms with Gasteiger partial charge < -0.3 is 0 Å². The van der Waals surface area contributed by atoms with Gasteiger partial charge in [0.1, 0.15) is 9.79 Å². The zero-order valence-corrected chi connectivity index (χ0v) is 24.6. The van der Waals surface area contributed by atoms with Crippen LogP contribution >= 0.6 is 23.2 Å². The van der Waals surface area contributed by atoms with E-state index in [4.69, 9.17) is 23.2 Å². The molecule has 0 bridgehead atoms. The maximum atomic E-state index is 13.6. The Balaban J connectivity index is 1.72. The molecule has 0 amide bonds. The van der Waals surface area contributed by atoms with Crippen LogP contribution in [0, 0.1) is 11.8 Å². The molecule has 2 aromatic carbocycles. The van der Waals surface area contributed by atoms with E-state index in [1.54, 1.807) is 0 Å². The van der Waals surface area contributed by atoms with Crippen LogP contribution in [0.3, 0.4) is 0 Å². The Kier molecular flexibility index (Phi) is 8.36. The highest BCUT2D eigenvalue weighted by Gasteiger charge is 2.33. The second-order valence-corrected chi connectivity index (χ2v) is 16.4. The first-order valence-corrected chi connectivity index (χ1v) is 17.2. The van der Waals surface area contributed by atoms with Gasteiger partial charge >= 0.3 is 0 Å². The van der Waals surface area contributed by atoms with Gasteiger partial charge in [-0.1, -0.05) is 37.0 Å². The van der Waals surface area contributed by atoms with Gasteiger partial charge in [0.25, 0.3) is 0 Å². The normalized spacial score (nSPS) is 19.8. The number of rotatable bonds is 6. The van der Waals surface area contributed by atoms with E-state index in [0.717, 1.165) is 12.1 Å². The van der Waals surface area contributed by atoms with Crippen LogP contribution in [0.1, 0.15) is 39.5 Å². The van der Waals surface area contributed by atoms with Crippen molar-refractivity contribution < 1.29 is 25.3 Å². The van der Waals surface area contributed by atoms with Gasteiger partial charge in [-0.25, -0.2) is 25.3 Å². The molecule has 2 heterocycles. The van der Waals surface area contributed by atoms with E-state index in [-0.39, 0.29) is 29.6 Å². The molecular weight excluding hydrogens is 579 g/mol. The SMILES string of the molecule is CC1CCN(S(=O)(=O)c2cc(S(=O)(=O)c3ccc(Cl)c(S(=O)(=O)N4CCC(C)CC4)c3)ccc2Cl)CC1. The molecule has 204 valence electrons. The van der Waals surface area contributed by atoms with Crippen molar-refractivity contribution in [1.29, 1.82) is 0 Å². The lowest BCUT2D eigenvalue weighted by Gasteiger charge is -2.30. The molecule has 13 heteroatoms. The molecule has 2 fully saturated rings. The fourth-order valence-corrected chi connectivity index (χ4v) is 9.96. The third-order valence-electron chi connectivity index (χ3n) is 7.15. The van der Waals surface area contributed by atoms with E-state index >= 15 is 0 Å². The standard InChI is InChI=1S/C24H30Cl2N2O6S3/c1-17-7-11-27(12-8-17)36(31,32)23-15-19(3-5-21(23)25)35(29,30)20-4-6-22(26)24(16-20)37(33,34)28-13-9-18(2)10-14-28/h3-6,15-18H,7-14H2,1-2H3. The molecular formula is C24H30Cl2N2O6S3. The first-order chi connectivity index (χ1) is 17.2. The molecule has 0 aromatic heterocycles. The highest BCUT2D eigenvalue weighted by Crippen LogP contribution is 2.35. The van der Waals surface area contributed by atoms with E-state index in [1.807, 2.05) is 0 Å². The second-order valence-electron chi connectivity index (χ2n) is 9.86. The fraction of sp³-hybridized carbons (Fsp3) is 0.500. The molecule has 4 rings (SSSR count). The summed E-state index contributed by atoms with van der Waals surface area (Å²) in [5.41, 5.74) is 0. The van der Waals surface area contributed by atoms with Crippen LogP contribution in [0.25, 0.3) is 0 Å². The maximum absolute atomic E-state index is 13.6. The van der Waals surface area contributed by atoms with E-state index in [1.165, 1.54) is 32.9 Å². The molecule has 0 N–H and O–H groups in total. The molecule has 0 radical (unpaired) electrons. The molecule has 37 heavy (non-hydrogen) atoms. The van der Waals surface area contributed by atoms with Crippen molar-refractivity contribution in [1.82, 2.24) is 8.61 Å². The van der Waals surface area contributed by atoms with Crippen LogP contribution < -0.4 is 0 Å². The molecule has 8 nitrogen and oxygen atoms in total. The smallest absolute Gasteiger partial charge is 0.219 e. The highest BCUT2D eigenvalue weighted by atomic mass is 35.5. The number of benzene rings is 2. The summed E-state index contributed by atoms with van der Waals surface area (Å²) in [4.78, 5) is -1.21. The number of hydrogen-bond donors (Lipinski definition) is 0. The van der Waals surface area contributed by atoms with Crippen LogP contribution in [-0.4, -0.2) is 60.0 Å². The summed E-state index contributed by atoms with van der Waals surface area (Å²) in [7, 11) is -12.4. The van der Waals surface area contributed by atoms with Crippen molar-refractivity contribution in [3.05, 3.63) is 46.4 Å². The van der Waals surface area contributed by atoms with Gasteiger partial charge in [0.15, 0.2) is 0 Å². The van der Waals surface area contributed by atoms with Gasteiger partial charge in [-0.2, -0.15) is 8.61 Å². The van der Waals surface area contributed by atoms with E-state index in [9.17, 15) is 25.3 Å². The molecule has 2 saturated heterocycles. The summed E-state index contributed by atoms with van der Waals surface area (Å²) in [6.07, 6.45) is 2.80. The Bertz CT molecular complexity index is 1390. The average Bonchev–Trinajstić information content (AvgIpc) is 2.84. The summed E-state index contributed by atoms with van der Waals surface area (Å²) < 4.78 is 82.9. The maximum Gasteiger partial charge on any atom is 0.244 e. The first kappa shape index (κ1) is 28.8. The predicted octanol–water partition coefficient (Wildman–Crippen LogP) is 4.67. The summed E-state index contributed by atoms with van der Waals surface area (Å²) in [6.45, 7) is 5.40. The Morgan fingerprint density at radius 1 is 0.622 bits per heavy atom. The van der Waals surface area contributed by atoms with Gasteiger partial charge in [0, 0.05) is 26.2 Å². The van der Waals surface area contributed by atoms with Gasteiger partial charge in [-0.05, 0) is 73.9 Å². The summed E-state index contributed by atoms with van der Waals surface area (Å²) in [5, 5.41) is -0.174. The quantitative estimate of drug-likeness (QED) is 0.471. The van der Waals surface area contributed by atoms with Crippen LogP contribution in [0.2, 0.25) is 10.0 Å². The Labute approximate surface area is 229 Å². The number of sulfone groups is 1. The Morgan fingerprint density at radius 2 is 0.946 bits per heavy atom. The summed E-state index contributed by atoms with van der Waals surface area (Å²) in [6, 6.07) is 6.97. The molecule has 0 unspecified atom stereocenters. The minimum Gasteiger partial charge on any atom is -0.219 e. The van der Waals surface area contributed by atoms with E-state index < -0.39 is 29.9 Å². The molecule has 2 aliphatic heterocycles. The Hall–Kier alpha value is -1.21. The van der Waals surface area contributed by atoms with Crippen molar-refractivity contribution in [2.24, 2.45) is 11.8 Å². The van der Waals surface area contributed by atoms with Crippen molar-refractivity contribution in [2.45, 2.75) is 59.1 Å². The lowest BCUT2D eigenvalue weighted by molar-refractivity contribution is 0.287. The number of nitrogens with zero attached hydrogens (tertiary/aromatic N) is 2. The lowest BCUT2D eigenvalue weighted by atomic mass is 10.0. The van der Waals surface area contributed by atoms with Crippen molar-refractivity contribution in [3.63, 3.8) is 0 Å². The fourth-order valence-electron chi connectivity index (χ4n) is 4.56. The number of halogens is 2. The molecule has 0 aliphatic carbocycles. The zero-order chi connectivity index (χ0) is 27.2. The van der Waals surface area contributed by atoms with Crippen molar-refractivity contribution in [3.8, 4) is 0 Å². The number of hydrogen-bond acceptors (Lipinski definition) is 6. The first-order valence-electron chi connectivity index (χ1n) is 12.1. The van der Waals surface area contributed by atoms with Gasteiger partial charge in [0.05, 0.1) is 19.8 Å². The number of piperidine rings is 2. The molecule has 0 atom stereocenters. The monoisotopic (exact) mass is 608 g/mol. The van der Waals surface area contributed by atoms with E-state index in [2.05, 4.69) is 13.8 Å².